The van der Waals surface area contributed by atoms with E-state index in [1.807, 2.05) is 42.7 Å². The van der Waals surface area contributed by atoms with Crippen molar-refractivity contribution in [2.75, 3.05) is 0 Å². The number of hydrogen-bond donors (Lipinski definition) is 0. The summed E-state index contributed by atoms with van der Waals surface area (Å²) in [4.78, 5) is 4.60. The number of nitrogens with zero attached hydrogens (tertiary/aromatic N) is 2. The molecule has 0 spiro atoms. The molecule has 0 N–H and O–H groups in total. The third-order valence-corrected chi connectivity index (χ3v) is 4.48. The summed E-state index contributed by atoms with van der Waals surface area (Å²) in [6.45, 7) is 6.60. The summed E-state index contributed by atoms with van der Waals surface area (Å²) in [6.07, 6.45) is 8.01. The standard InChI is InChI=1S/C23H22N2O/c1-23(2,3)18-9-12-21-20(16-18)24-22(26-21)13-8-17-6-10-19(11-7-17)25-14-4-5-15-25/h4-16H,1-3H3/b13-8+. The Hall–Kier alpha value is -3.07. The van der Waals surface area contributed by atoms with E-state index in [4.69, 9.17) is 4.42 Å². The first-order valence-electron chi connectivity index (χ1n) is 8.82. The molecule has 0 aliphatic carbocycles. The third-order valence-electron chi connectivity index (χ3n) is 4.48. The molecular weight excluding hydrogens is 320 g/mol. The molecule has 4 aromatic rings. The van der Waals surface area contributed by atoms with Crippen LogP contribution in [0.25, 0.3) is 28.9 Å². The molecule has 0 saturated carbocycles. The van der Waals surface area contributed by atoms with Crippen LogP contribution in [0.4, 0.5) is 0 Å². The second-order valence-corrected chi connectivity index (χ2v) is 7.50. The molecule has 0 aliphatic rings. The van der Waals surface area contributed by atoms with E-state index in [1.54, 1.807) is 0 Å². The van der Waals surface area contributed by atoms with Crippen molar-refractivity contribution >= 4 is 23.3 Å². The molecule has 26 heavy (non-hydrogen) atoms. The van der Waals surface area contributed by atoms with Gasteiger partial charge in [-0.25, -0.2) is 4.98 Å². The zero-order valence-electron chi connectivity index (χ0n) is 15.3. The van der Waals surface area contributed by atoms with E-state index in [2.05, 4.69) is 66.7 Å². The molecule has 4 rings (SSSR count). The van der Waals surface area contributed by atoms with Crippen molar-refractivity contribution in [3.05, 3.63) is 84.0 Å². The molecule has 0 aliphatic heterocycles. The lowest BCUT2D eigenvalue weighted by Crippen LogP contribution is -2.10. The van der Waals surface area contributed by atoms with Crippen molar-refractivity contribution in [1.82, 2.24) is 9.55 Å². The molecule has 0 radical (unpaired) electrons. The number of hydrogen-bond acceptors (Lipinski definition) is 2. The molecule has 2 aromatic carbocycles. The predicted octanol–water partition coefficient (Wildman–Crippen LogP) is 6.09. The third kappa shape index (κ3) is 3.33. The smallest absolute Gasteiger partial charge is 0.220 e. The van der Waals surface area contributed by atoms with Crippen LogP contribution >= 0.6 is 0 Å². The van der Waals surface area contributed by atoms with E-state index >= 15 is 0 Å². The summed E-state index contributed by atoms with van der Waals surface area (Å²) in [7, 11) is 0. The zero-order valence-corrected chi connectivity index (χ0v) is 15.3. The van der Waals surface area contributed by atoms with E-state index in [1.165, 1.54) is 5.56 Å². The second kappa shape index (κ2) is 6.34. The van der Waals surface area contributed by atoms with Crippen LogP contribution in [-0.2, 0) is 5.41 Å². The Balaban J connectivity index is 1.56. The van der Waals surface area contributed by atoms with Crippen LogP contribution in [0.5, 0.6) is 0 Å². The highest BCUT2D eigenvalue weighted by Crippen LogP contribution is 2.26. The highest BCUT2D eigenvalue weighted by Gasteiger charge is 2.15. The Morgan fingerprint density at radius 1 is 0.923 bits per heavy atom. The van der Waals surface area contributed by atoms with Gasteiger partial charge in [-0.05, 0) is 59.0 Å². The van der Waals surface area contributed by atoms with E-state index < -0.39 is 0 Å². The monoisotopic (exact) mass is 342 g/mol. The van der Waals surface area contributed by atoms with Crippen LogP contribution in [-0.4, -0.2) is 9.55 Å². The van der Waals surface area contributed by atoms with Gasteiger partial charge in [0.1, 0.15) is 5.52 Å². The summed E-state index contributed by atoms with van der Waals surface area (Å²) < 4.78 is 7.92. The fourth-order valence-electron chi connectivity index (χ4n) is 2.91. The molecular formula is C23H22N2O. The van der Waals surface area contributed by atoms with E-state index in [9.17, 15) is 0 Å². The van der Waals surface area contributed by atoms with Crippen LogP contribution in [0, 0.1) is 0 Å². The number of fused-ring (bicyclic) bond motifs is 1. The van der Waals surface area contributed by atoms with Gasteiger partial charge in [-0.15, -0.1) is 0 Å². The molecule has 130 valence electrons. The van der Waals surface area contributed by atoms with Crippen molar-refractivity contribution in [3.8, 4) is 5.69 Å². The van der Waals surface area contributed by atoms with Gasteiger partial charge in [0, 0.05) is 24.2 Å². The van der Waals surface area contributed by atoms with Crippen molar-refractivity contribution < 1.29 is 4.42 Å². The number of rotatable bonds is 3. The van der Waals surface area contributed by atoms with Gasteiger partial charge >= 0.3 is 0 Å². The van der Waals surface area contributed by atoms with Crippen molar-refractivity contribution in [1.29, 1.82) is 0 Å². The number of oxazole rings is 1. The Labute approximate surface area is 153 Å². The van der Waals surface area contributed by atoms with Gasteiger partial charge in [0.15, 0.2) is 5.58 Å². The molecule has 0 atom stereocenters. The van der Waals surface area contributed by atoms with Gasteiger partial charge in [-0.2, -0.15) is 0 Å². The van der Waals surface area contributed by atoms with E-state index in [0.717, 1.165) is 22.4 Å². The first-order valence-corrected chi connectivity index (χ1v) is 8.82. The second-order valence-electron chi connectivity index (χ2n) is 7.50. The molecule has 2 heterocycles. The molecule has 3 heteroatoms. The first kappa shape index (κ1) is 16.4. The highest BCUT2D eigenvalue weighted by molar-refractivity contribution is 5.77. The number of aromatic nitrogens is 2. The molecule has 0 bridgehead atoms. The summed E-state index contributed by atoms with van der Waals surface area (Å²) >= 11 is 0. The summed E-state index contributed by atoms with van der Waals surface area (Å²) in [5.74, 6) is 0.626. The van der Waals surface area contributed by atoms with Crippen LogP contribution in [0.1, 0.15) is 37.8 Å². The lowest BCUT2D eigenvalue weighted by molar-refractivity contribution is 0.585. The maximum atomic E-state index is 5.84. The Morgan fingerprint density at radius 3 is 2.35 bits per heavy atom. The SMILES string of the molecule is CC(C)(C)c1ccc2oc(/C=C/c3ccc(-n4cccc4)cc3)nc2c1. The van der Waals surface area contributed by atoms with Crippen molar-refractivity contribution in [2.24, 2.45) is 0 Å². The normalized spacial score (nSPS) is 12.3. The molecule has 0 amide bonds. The fraction of sp³-hybridized carbons (Fsp3) is 0.174. The van der Waals surface area contributed by atoms with Gasteiger partial charge in [-0.1, -0.05) is 39.0 Å². The minimum atomic E-state index is 0.102. The topological polar surface area (TPSA) is 31.0 Å². The zero-order chi connectivity index (χ0) is 18.1. The van der Waals surface area contributed by atoms with Crippen LogP contribution in [0.15, 0.2) is 71.4 Å². The van der Waals surface area contributed by atoms with Gasteiger partial charge in [0.2, 0.25) is 5.89 Å². The molecule has 0 unspecified atom stereocenters. The van der Waals surface area contributed by atoms with Crippen LogP contribution in [0.2, 0.25) is 0 Å². The van der Waals surface area contributed by atoms with Crippen molar-refractivity contribution in [3.63, 3.8) is 0 Å². The van der Waals surface area contributed by atoms with Crippen LogP contribution in [0.3, 0.4) is 0 Å². The molecule has 0 saturated heterocycles. The summed E-state index contributed by atoms with van der Waals surface area (Å²) in [5.41, 5.74) is 5.34. The minimum Gasteiger partial charge on any atom is -0.437 e. The maximum Gasteiger partial charge on any atom is 0.220 e. The Bertz CT molecular complexity index is 1050. The van der Waals surface area contributed by atoms with Gasteiger partial charge < -0.3 is 8.98 Å². The van der Waals surface area contributed by atoms with Crippen LogP contribution < -0.4 is 0 Å². The van der Waals surface area contributed by atoms with Gasteiger partial charge in [0.25, 0.3) is 0 Å². The molecule has 3 nitrogen and oxygen atoms in total. The van der Waals surface area contributed by atoms with E-state index in [-0.39, 0.29) is 5.41 Å². The Kier molecular flexibility index (Phi) is 4.00. The van der Waals surface area contributed by atoms with Gasteiger partial charge in [-0.3, -0.25) is 0 Å². The summed E-state index contributed by atoms with van der Waals surface area (Å²) in [6, 6.07) is 18.6. The van der Waals surface area contributed by atoms with E-state index in [0.29, 0.717) is 5.89 Å². The fourth-order valence-corrected chi connectivity index (χ4v) is 2.91. The molecule has 0 fully saturated rings. The van der Waals surface area contributed by atoms with Crippen molar-refractivity contribution in [2.45, 2.75) is 26.2 Å². The minimum absolute atomic E-state index is 0.102. The quantitative estimate of drug-likeness (QED) is 0.451. The first-order chi connectivity index (χ1) is 12.5. The van der Waals surface area contributed by atoms with Gasteiger partial charge in [0.05, 0.1) is 0 Å². The Morgan fingerprint density at radius 2 is 1.65 bits per heavy atom. The number of benzene rings is 2. The molecule has 2 aromatic heterocycles. The maximum absolute atomic E-state index is 5.84. The lowest BCUT2D eigenvalue weighted by atomic mass is 9.87. The largest absolute Gasteiger partial charge is 0.437 e. The summed E-state index contributed by atoms with van der Waals surface area (Å²) in [5, 5.41) is 0. The lowest BCUT2D eigenvalue weighted by Gasteiger charge is -2.18. The average molecular weight is 342 g/mol. The highest BCUT2D eigenvalue weighted by atomic mass is 16.3. The predicted molar refractivity (Wildman–Crippen MR) is 107 cm³/mol. The average Bonchev–Trinajstić information content (AvgIpc) is 3.28.